The zero-order valence-electron chi connectivity index (χ0n) is 15.2. The number of phenols is 1. The van der Waals surface area contributed by atoms with Crippen molar-refractivity contribution in [3.05, 3.63) is 41.7 Å². The van der Waals surface area contributed by atoms with Crippen LogP contribution in [0.1, 0.15) is 17.0 Å². The average molecular weight is 381 g/mol. The van der Waals surface area contributed by atoms with Gasteiger partial charge in [-0.15, -0.1) is 12.4 Å². The van der Waals surface area contributed by atoms with Crippen LogP contribution in [0.25, 0.3) is 0 Å². The molecule has 8 heteroatoms. The van der Waals surface area contributed by atoms with Crippen molar-refractivity contribution in [3.8, 4) is 11.5 Å². The Morgan fingerprint density at radius 1 is 1.46 bits per heavy atom. The maximum atomic E-state index is 12.9. The number of ether oxygens (including phenoxy) is 1. The second kappa shape index (κ2) is 8.42. The van der Waals surface area contributed by atoms with Gasteiger partial charge in [-0.05, 0) is 23.3 Å². The molecule has 3 rings (SSSR count). The highest BCUT2D eigenvalue weighted by molar-refractivity contribution is 5.85. The quantitative estimate of drug-likeness (QED) is 0.822. The summed E-state index contributed by atoms with van der Waals surface area (Å²) in [6.45, 7) is 1.91. The van der Waals surface area contributed by atoms with Gasteiger partial charge in [-0.2, -0.15) is 5.10 Å². The molecule has 1 aliphatic rings. The van der Waals surface area contributed by atoms with Gasteiger partial charge in [-0.1, -0.05) is 6.07 Å². The first-order valence-electron chi connectivity index (χ1n) is 8.29. The van der Waals surface area contributed by atoms with Crippen LogP contribution in [0.2, 0.25) is 0 Å². The summed E-state index contributed by atoms with van der Waals surface area (Å²) in [4.78, 5) is 14.7. The summed E-state index contributed by atoms with van der Waals surface area (Å²) < 4.78 is 6.90. The lowest BCUT2D eigenvalue weighted by atomic mass is 9.90. The number of rotatable bonds is 5. The van der Waals surface area contributed by atoms with Crippen LogP contribution in [-0.2, 0) is 18.4 Å². The first kappa shape index (κ1) is 20.1. The van der Waals surface area contributed by atoms with Crippen LogP contribution in [-0.4, -0.2) is 52.9 Å². The zero-order valence-corrected chi connectivity index (χ0v) is 16.0. The van der Waals surface area contributed by atoms with Gasteiger partial charge in [0.2, 0.25) is 5.91 Å². The minimum Gasteiger partial charge on any atom is -0.504 e. The molecule has 142 valence electrons. The first-order valence-corrected chi connectivity index (χ1v) is 8.29. The maximum Gasteiger partial charge on any atom is 0.227 e. The van der Waals surface area contributed by atoms with Crippen LogP contribution in [0.5, 0.6) is 11.5 Å². The lowest BCUT2D eigenvalue weighted by Crippen LogP contribution is -2.35. The number of amides is 1. The number of benzene rings is 1. The minimum atomic E-state index is -0.104. The van der Waals surface area contributed by atoms with Crippen molar-refractivity contribution >= 4 is 18.3 Å². The summed E-state index contributed by atoms with van der Waals surface area (Å²) in [5.41, 5.74) is 2.00. The SMILES string of the molecule is COc1cc(CN(C)C(=O)[C@H]2CNC[C@@H]2c2cnn(C)c2)ccc1O.Cl. The lowest BCUT2D eigenvalue weighted by molar-refractivity contribution is -0.134. The van der Waals surface area contributed by atoms with Crippen LogP contribution in [0, 0.1) is 5.92 Å². The highest BCUT2D eigenvalue weighted by Crippen LogP contribution is 2.30. The summed E-state index contributed by atoms with van der Waals surface area (Å²) in [6, 6.07) is 5.14. The molecule has 2 atom stereocenters. The molecule has 1 aromatic carbocycles. The topological polar surface area (TPSA) is 79.6 Å². The molecule has 0 saturated carbocycles. The number of aromatic nitrogens is 2. The number of methoxy groups -OCH3 is 1. The smallest absolute Gasteiger partial charge is 0.227 e. The Labute approximate surface area is 159 Å². The predicted octanol–water partition coefficient (Wildman–Crippen LogP) is 1.52. The van der Waals surface area contributed by atoms with Gasteiger partial charge in [0.05, 0.1) is 19.2 Å². The standard InChI is InChI=1S/C18H24N4O3.ClH/c1-21(10-12-4-5-16(23)17(6-12)25-3)18(24)15-9-19-8-14(15)13-7-20-22(2)11-13;/h4-7,11,14-15,19,23H,8-10H2,1-3H3;1H/t14-,15+;/m1./s1. The second-order valence-corrected chi connectivity index (χ2v) is 6.52. The number of hydrogen-bond donors (Lipinski definition) is 2. The molecule has 1 saturated heterocycles. The molecule has 7 nitrogen and oxygen atoms in total. The fourth-order valence-electron chi connectivity index (χ4n) is 3.38. The summed E-state index contributed by atoms with van der Waals surface area (Å²) in [5, 5.41) is 17.2. The number of halogens is 1. The Kier molecular flexibility index (Phi) is 6.50. The number of aromatic hydroxyl groups is 1. The molecular weight excluding hydrogens is 356 g/mol. The van der Waals surface area contributed by atoms with Gasteiger partial charge >= 0.3 is 0 Å². The van der Waals surface area contributed by atoms with Crippen molar-refractivity contribution in [1.82, 2.24) is 20.0 Å². The van der Waals surface area contributed by atoms with Crippen LogP contribution in [0.3, 0.4) is 0 Å². The van der Waals surface area contributed by atoms with E-state index in [2.05, 4.69) is 10.4 Å². The van der Waals surface area contributed by atoms with Gasteiger partial charge in [0.1, 0.15) is 0 Å². The van der Waals surface area contributed by atoms with E-state index in [4.69, 9.17) is 4.74 Å². The lowest BCUT2D eigenvalue weighted by Gasteiger charge is -2.24. The third kappa shape index (κ3) is 4.11. The average Bonchev–Trinajstić information content (AvgIpc) is 3.24. The minimum absolute atomic E-state index is 0. The number of carbonyl (C=O) groups is 1. The van der Waals surface area contributed by atoms with Gasteiger partial charge in [0, 0.05) is 45.8 Å². The van der Waals surface area contributed by atoms with E-state index in [1.54, 1.807) is 34.8 Å². The molecular formula is C18H25ClN4O3. The monoisotopic (exact) mass is 380 g/mol. The van der Waals surface area contributed by atoms with Crippen molar-refractivity contribution < 1.29 is 14.6 Å². The van der Waals surface area contributed by atoms with Crippen LogP contribution in [0.4, 0.5) is 0 Å². The van der Waals surface area contributed by atoms with Crippen molar-refractivity contribution in [2.75, 3.05) is 27.2 Å². The molecule has 1 aliphatic heterocycles. The van der Waals surface area contributed by atoms with E-state index in [9.17, 15) is 9.90 Å². The molecule has 2 N–H and O–H groups in total. The Balaban J connectivity index is 0.00000243. The third-order valence-electron chi connectivity index (χ3n) is 4.72. The van der Waals surface area contributed by atoms with E-state index in [0.29, 0.717) is 18.8 Å². The van der Waals surface area contributed by atoms with E-state index in [1.165, 1.54) is 7.11 Å². The number of phenolic OH excluding ortho intramolecular Hbond substituents is 1. The molecule has 0 unspecified atom stereocenters. The summed E-state index contributed by atoms with van der Waals surface area (Å²) >= 11 is 0. The first-order chi connectivity index (χ1) is 12.0. The maximum absolute atomic E-state index is 12.9. The van der Waals surface area contributed by atoms with E-state index in [1.807, 2.05) is 19.4 Å². The fourth-order valence-corrected chi connectivity index (χ4v) is 3.38. The third-order valence-corrected chi connectivity index (χ3v) is 4.72. The van der Waals surface area contributed by atoms with E-state index >= 15 is 0 Å². The number of aryl methyl sites for hydroxylation is 1. The highest BCUT2D eigenvalue weighted by atomic mass is 35.5. The Hall–Kier alpha value is -2.25. The van der Waals surface area contributed by atoms with Gasteiger partial charge in [0.15, 0.2) is 11.5 Å². The number of hydrogen-bond acceptors (Lipinski definition) is 5. The molecule has 1 amide bonds. The normalized spacial score (nSPS) is 19.0. The number of nitrogens with zero attached hydrogens (tertiary/aromatic N) is 3. The van der Waals surface area contributed by atoms with Crippen LogP contribution in [0.15, 0.2) is 30.6 Å². The van der Waals surface area contributed by atoms with Crippen LogP contribution < -0.4 is 10.1 Å². The molecule has 1 aromatic heterocycles. The van der Waals surface area contributed by atoms with E-state index in [-0.39, 0.29) is 35.9 Å². The van der Waals surface area contributed by atoms with Crippen molar-refractivity contribution in [1.29, 1.82) is 0 Å². The van der Waals surface area contributed by atoms with Crippen molar-refractivity contribution in [3.63, 3.8) is 0 Å². The second-order valence-electron chi connectivity index (χ2n) is 6.52. The molecule has 1 fully saturated rings. The Bertz CT molecular complexity index is 765. The van der Waals surface area contributed by atoms with Crippen molar-refractivity contribution in [2.45, 2.75) is 12.5 Å². The summed E-state index contributed by atoms with van der Waals surface area (Å²) in [7, 11) is 5.20. The van der Waals surface area contributed by atoms with E-state index in [0.717, 1.165) is 17.7 Å². The zero-order chi connectivity index (χ0) is 18.0. The van der Waals surface area contributed by atoms with Gasteiger partial charge < -0.3 is 20.1 Å². The van der Waals surface area contributed by atoms with E-state index < -0.39 is 0 Å². The molecule has 0 aliphatic carbocycles. The Morgan fingerprint density at radius 3 is 2.88 bits per heavy atom. The van der Waals surface area contributed by atoms with Crippen molar-refractivity contribution in [2.24, 2.45) is 13.0 Å². The van der Waals surface area contributed by atoms with Gasteiger partial charge in [0.25, 0.3) is 0 Å². The highest BCUT2D eigenvalue weighted by Gasteiger charge is 2.36. The summed E-state index contributed by atoms with van der Waals surface area (Å²) in [5.74, 6) is 0.642. The van der Waals surface area contributed by atoms with Gasteiger partial charge in [-0.3, -0.25) is 9.48 Å². The number of carbonyl (C=O) groups excluding carboxylic acids is 1. The fraction of sp³-hybridized carbons (Fsp3) is 0.444. The predicted molar refractivity (Wildman–Crippen MR) is 101 cm³/mol. The molecule has 26 heavy (non-hydrogen) atoms. The molecule has 2 heterocycles. The molecule has 0 spiro atoms. The molecule has 2 aromatic rings. The Morgan fingerprint density at radius 2 is 2.23 bits per heavy atom. The number of nitrogens with one attached hydrogen (secondary N) is 1. The summed E-state index contributed by atoms with van der Waals surface area (Å²) in [6.07, 6.45) is 3.81. The van der Waals surface area contributed by atoms with Crippen LogP contribution >= 0.6 is 12.4 Å². The van der Waals surface area contributed by atoms with Gasteiger partial charge in [-0.25, -0.2) is 0 Å². The largest absolute Gasteiger partial charge is 0.504 e. The molecule has 0 bridgehead atoms. The molecule has 0 radical (unpaired) electrons.